The largest absolute Gasteiger partial charge is 0.399 e. The summed E-state index contributed by atoms with van der Waals surface area (Å²) in [6.07, 6.45) is 1.87. The number of nitrogens with two attached hydrogens (primary N) is 1. The number of aromatic nitrogens is 1. The van der Waals surface area contributed by atoms with Crippen molar-refractivity contribution in [2.24, 2.45) is 0 Å². The molecule has 0 saturated heterocycles. The highest BCUT2D eigenvalue weighted by molar-refractivity contribution is 5.47. The van der Waals surface area contributed by atoms with Crippen LogP contribution in [0.15, 0.2) is 42.5 Å². The molecule has 0 fully saturated rings. The van der Waals surface area contributed by atoms with Crippen molar-refractivity contribution in [3.8, 4) is 0 Å². The summed E-state index contributed by atoms with van der Waals surface area (Å²) in [7, 11) is 0. The van der Waals surface area contributed by atoms with Gasteiger partial charge in [-0.05, 0) is 36.6 Å². The van der Waals surface area contributed by atoms with Gasteiger partial charge in [-0.2, -0.15) is 0 Å². The van der Waals surface area contributed by atoms with Crippen molar-refractivity contribution in [3.05, 3.63) is 53.7 Å². The molecule has 2 aromatic rings. The van der Waals surface area contributed by atoms with Crippen LogP contribution in [0.2, 0.25) is 0 Å². The fraction of sp³-hybridized carbons (Fsp3) is 0.267. The van der Waals surface area contributed by atoms with E-state index in [9.17, 15) is 0 Å². The summed E-state index contributed by atoms with van der Waals surface area (Å²) in [4.78, 5) is 4.50. The van der Waals surface area contributed by atoms with E-state index in [0.29, 0.717) is 0 Å². The molecule has 0 unspecified atom stereocenters. The maximum absolute atomic E-state index is 5.90. The number of para-hydroxylation sites is 1. The Morgan fingerprint density at radius 1 is 1.11 bits per heavy atom. The van der Waals surface area contributed by atoms with Gasteiger partial charge in [0.05, 0.1) is 0 Å². The van der Waals surface area contributed by atoms with E-state index >= 15 is 0 Å². The number of nitrogen functional groups attached to an aromatic ring is 1. The van der Waals surface area contributed by atoms with Gasteiger partial charge in [-0.15, -0.1) is 0 Å². The zero-order valence-electron chi connectivity index (χ0n) is 10.7. The summed E-state index contributed by atoms with van der Waals surface area (Å²) in [6.45, 7) is 2.95. The van der Waals surface area contributed by atoms with Gasteiger partial charge in [-0.3, -0.25) is 0 Å². The average molecular weight is 241 g/mol. The number of hydrogen-bond acceptors (Lipinski definition) is 3. The molecule has 18 heavy (non-hydrogen) atoms. The number of pyridine rings is 1. The predicted octanol–water partition coefficient (Wildman–Crippen LogP) is 2.88. The van der Waals surface area contributed by atoms with Gasteiger partial charge in [0.25, 0.3) is 0 Å². The number of aryl methyl sites for hydroxylation is 1. The normalized spacial score (nSPS) is 10.3. The number of anilines is 2. The summed E-state index contributed by atoms with van der Waals surface area (Å²) >= 11 is 0. The highest BCUT2D eigenvalue weighted by Gasteiger charge is 1.99. The van der Waals surface area contributed by atoms with Crippen molar-refractivity contribution < 1.29 is 0 Å². The number of benzene rings is 1. The van der Waals surface area contributed by atoms with E-state index in [1.54, 1.807) is 0 Å². The first-order valence-corrected chi connectivity index (χ1v) is 6.33. The lowest BCUT2D eigenvalue weighted by Crippen LogP contribution is -2.08. The second-order valence-corrected chi connectivity index (χ2v) is 4.24. The van der Waals surface area contributed by atoms with E-state index < -0.39 is 0 Å². The smallest absolute Gasteiger partial charge is 0.126 e. The first-order chi connectivity index (χ1) is 8.79. The van der Waals surface area contributed by atoms with Crippen LogP contribution in [0.25, 0.3) is 0 Å². The molecular weight excluding hydrogens is 222 g/mol. The Bertz CT molecular complexity index is 509. The van der Waals surface area contributed by atoms with Gasteiger partial charge >= 0.3 is 0 Å². The maximum Gasteiger partial charge on any atom is 0.126 e. The van der Waals surface area contributed by atoms with Gasteiger partial charge in [0.15, 0.2) is 0 Å². The van der Waals surface area contributed by atoms with E-state index in [2.05, 4.69) is 23.3 Å². The van der Waals surface area contributed by atoms with Gasteiger partial charge in [0.2, 0.25) is 0 Å². The minimum atomic E-state index is 0.842. The fourth-order valence-corrected chi connectivity index (χ4v) is 1.86. The number of hydrogen-bond donors (Lipinski definition) is 2. The van der Waals surface area contributed by atoms with Crippen molar-refractivity contribution in [2.75, 3.05) is 17.6 Å². The SMILES string of the molecule is CCc1cccc(NCCc2ccccc2N)n1. The number of rotatable bonds is 5. The molecule has 1 aromatic carbocycles. The predicted molar refractivity (Wildman–Crippen MR) is 76.7 cm³/mol. The lowest BCUT2D eigenvalue weighted by Gasteiger charge is -2.08. The maximum atomic E-state index is 5.90. The monoisotopic (exact) mass is 241 g/mol. The quantitative estimate of drug-likeness (QED) is 0.791. The van der Waals surface area contributed by atoms with Crippen LogP contribution in [0.4, 0.5) is 11.5 Å². The molecule has 0 saturated carbocycles. The van der Waals surface area contributed by atoms with Crippen molar-refractivity contribution in [1.29, 1.82) is 0 Å². The Hall–Kier alpha value is -2.03. The van der Waals surface area contributed by atoms with E-state index in [1.807, 2.05) is 36.4 Å². The Morgan fingerprint density at radius 3 is 2.72 bits per heavy atom. The van der Waals surface area contributed by atoms with Crippen molar-refractivity contribution in [2.45, 2.75) is 19.8 Å². The number of nitrogens with zero attached hydrogens (tertiary/aromatic N) is 1. The summed E-state index contributed by atoms with van der Waals surface area (Å²) in [6, 6.07) is 14.0. The molecule has 3 nitrogen and oxygen atoms in total. The number of nitrogens with one attached hydrogen (secondary N) is 1. The first kappa shape index (κ1) is 12.4. The molecule has 0 aliphatic rings. The van der Waals surface area contributed by atoms with Gasteiger partial charge in [-0.25, -0.2) is 4.98 Å². The van der Waals surface area contributed by atoms with Gasteiger partial charge in [0.1, 0.15) is 5.82 Å². The standard InChI is InChI=1S/C15H19N3/c1-2-13-7-5-9-15(18-13)17-11-10-12-6-3-4-8-14(12)16/h3-9H,2,10-11,16H2,1H3,(H,17,18). The fourth-order valence-electron chi connectivity index (χ4n) is 1.86. The van der Waals surface area contributed by atoms with Crippen LogP contribution >= 0.6 is 0 Å². The van der Waals surface area contributed by atoms with Crippen molar-refractivity contribution in [3.63, 3.8) is 0 Å². The van der Waals surface area contributed by atoms with Crippen LogP contribution in [0.5, 0.6) is 0 Å². The van der Waals surface area contributed by atoms with Crippen LogP contribution in [0.3, 0.4) is 0 Å². The van der Waals surface area contributed by atoms with Crippen molar-refractivity contribution >= 4 is 11.5 Å². The molecule has 3 N–H and O–H groups in total. The zero-order valence-corrected chi connectivity index (χ0v) is 10.7. The lowest BCUT2D eigenvalue weighted by atomic mass is 10.1. The topological polar surface area (TPSA) is 50.9 Å². The zero-order chi connectivity index (χ0) is 12.8. The molecule has 94 valence electrons. The molecule has 3 heteroatoms. The van der Waals surface area contributed by atoms with Gasteiger partial charge < -0.3 is 11.1 Å². The molecule has 0 aliphatic carbocycles. The Kier molecular flexibility index (Phi) is 4.18. The molecule has 2 rings (SSSR count). The molecule has 0 bridgehead atoms. The molecule has 1 aromatic heterocycles. The molecule has 0 atom stereocenters. The van der Waals surface area contributed by atoms with Gasteiger partial charge in [-0.1, -0.05) is 31.2 Å². The summed E-state index contributed by atoms with van der Waals surface area (Å²) in [5, 5.41) is 3.33. The van der Waals surface area contributed by atoms with Crippen LogP contribution in [-0.4, -0.2) is 11.5 Å². The summed E-state index contributed by atoms with van der Waals surface area (Å²) < 4.78 is 0. The Balaban J connectivity index is 1.90. The van der Waals surface area contributed by atoms with E-state index in [1.165, 1.54) is 5.56 Å². The van der Waals surface area contributed by atoms with E-state index in [-0.39, 0.29) is 0 Å². The molecule has 0 radical (unpaired) electrons. The molecule has 1 heterocycles. The van der Waals surface area contributed by atoms with Gasteiger partial charge in [0, 0.05) is 17.9 Å². The van der Waals surface area contributed by atoms with E-state index in [0.717, 1.165) is 36.6 Å². The van der Waals surface area contributed by atoms with Crippen molar-refractivity contribution in [1.82, 2.24) is 4.98 Å². The first-order valence-electron chi connectivity index (χ1n) is 6.33. The highest BCUT2D eigenvalue weighted by Crippen LogP contribution is 2.11. The van der Waals surface area contributed by atoms with Crippen LogP contribution in [-0.2, 0) is 12.8 Å². The second kappa shape index (κ2) is 6.05. The van der Waals surface area contributed by atoms with Crippen LogP contribution in [0, 0.1) is 0 Å². The average Bonchev–Trinajstić information content (AvgIpc) is 2.41. The molecular formula is C15H19N3. The summed E-state index contributed by atoms with van der Waals surface area (Å²) in [5.41, 5.74) is 9.05. The van der Waals surface area contributed by atoms with E-state index in [4.69, 9.17) is 5.73 Å². The molecule has 0 spiro atoms. The third-order valence-corrected chi connectivity index (χ3v) is 2.92. The minimum absolute atomic E-state index is 0.842. The minimum Gasteiger partial charge on any atom is -0.399 e. The molecule has 0 amide bonds. The third-order valence-electron chi connectivity index (χ3n) is 2.92. The summed E-state index contributed by atoms with van der Waals surface area (Å²) in [5.74, 6) is 0.934. The van der Waals surface area contributed by atoms with Crippen LogP contribution in [0.1, 0.15) is 18.2 Å². The van der Waals surface area contributed by atoms with Crippen LogP contribution < -0.4 is 11.1 Å². The Morgan fingerprint density at radius 2 is 1.94 bits per heavy atom. The Labute approximate surface area is 108 Å². The second-order valence-electron chi connectivity index (χ2n) is 4.24. The highest BCUT2D eigenvalue weighted by atomic mass is 15.0. The lowest BCUT2D eigenvalue weighted by molar-refractivity contribution is 0.983. The third kappa shape index (κ3) is 3.23. The molecule has 0 aliphatic heterocycles.